The van der Waals surface area contributed by atoms with E-state index >= 15 is 0 Å². The van der Waals surface area contributed by atoms with Crippen molar-refractivity contribution in [2.45, 2.75) is 12.5 Å². The zero-order chi connectivity index (χ0) is 26.5. The molecule has 1 aromatic heterocycles. The number of anilines is 1. The molecule has 0 spiro atoms. The van der Waals surface area contributed by atoms with E-state index in [4.69, 9.17) is 4.74 Å². The molecule has 4 aromatic rings. The highest BCUT2D eigenvalue weighted by atomic mass is 16.5. The van der Waals surface area contributed by atoms with Gasteiger partial charge < -0.3 is 14.7 Å². The monoisotopic (exact) mass is 507 g/mol. The number of aromatic nitrogens is 1. The van der Waals surface area contributed by atoms with Gasteiger partial charge in [0.1, 0.15) is 18.8 Å². The molecule has 190 valence electrons. The summed E-state index contributed by atoms with van der Waals surface area (Å²) in [6.07, 6.45) is 0.708. The number of hydrogen-bond acceptors (Lipinski definition) is 5. The molecule has 0 saturated heterocycles. The summed E-state index contributed by atoms with van der Waals surface area (Å²) in [7, 11) is 0. The van der Waals surface area contributed by atoms with Gasteiger partial charge in [0.15, 0.2) is 0 Å². The Balaban J connectivity index is 1.21. The van der Waals surface area contributed by atoms with Gasteiger partial charge in [-0.15, -0.1) is 0 Å². The molecule has 0 fully saturated rings. The number of carbonyl (C=O) groups excluding carboxylic acids is 2. The Labute approximate surface area is 219 Å². The predicted octanol–water partition coefficient (Wildman–Crippen LogP) is 5.17. The third-order valence-electron chi connectivity index (χ3n) is 6.40. The number of hydrogen-bond donors (Lipinski definition) is 2. The van der Waals surface area contributed by atoms with Gasteiger partial charge in [0.2, 0.25) is 0 Å². The Morgan fingerprint density at radius 3 is 2.08 bits per heavy atom. The molecule has 0 radical (unpaired) electrons. The fraction of sp³-hybridized carbons (Fsp3) is 0.133. The number of pyridine rings is 1. The van der Waals surface area contributed by atoms with Gasteiger partial charge in [0, 0.05) is 12.5 Å². The van der Waals surface area contributed by atoms with Gasteiger partial charge in [-0.1, -0.05) is 78.9 Å². The number of carboxylic acids is 1. The van der Waals surface area contributed by atoms with Crippen LogP contribution in [0.3, 0.4) is 0 Å². The van der Waals surface area contributed by atoms with Gasteiger partial charge in [-0.25, -0.2) is 9.78 Å². The molecule has 5 rings (SSSR count). The zero-order valence-corrected chi connectivity index (χ0v) is 20.4. The van der Waals surface area contributed by atoms with Gasteiger partial charge in [0.05, 0.1) is 11.9 Å². The van der Waals surface area contributed by atoms with Gasteiger partial charge in [-0.2, -0.15) is 0 Å². The summed E-state index contributed by atoms with van der Waals surface area (Å²) in [5.74, 6) is -1.71. The first-order valence-corrected chi connectivity index (χ1v) is 12.1. The summed E-state index contributed by atoms with van der Waals surface area (Å²) in [6.45, 7) is -0.157. The van der Waals surface area contributed by atoms with E-state index in [1.807, 2.05) is 66.7 Å². The van der Waals surface area contributed by atoms with E-state index < -0.39 is 24.5 Å². The maximum atomic E-state index is 13.0. The zero-order valence-electron chi connectivity index (χ0n) is 20.4. The summed E-state index contributed by atoms with van der Waals surface area (Å²) < 4.78 is 5.55. The average molecular weight is 508 g/mol. The predicted molar refractivity (Wildman–Crippen MR) is 142 cm³/mol. The minimum Gasteiger partial charge on any atom is -0.480 e. The van der Waals surface area contributed by atoms with Crippen molar-refractivity contribution in [3.8, 4) is 11.1 Å². The van der Waals surface area contributed by atoms with E-state index in [0.717, 1.165) is 27.8 Å². The molecule has 3 aromatic carbocycles. The van der Waals surface area contributed by atoms with Gasteiger partial charge in [-0.3, -0.25) is 14.9 Å². The van der Waals surface area contributed by atoms with E-state index in [2.05, 4.69) is 22.4 Å². The summed E-state index contributed by atoms with van der Waals surface area (Å²) in [5.41, 5.74) is 5.75. The van der Waals surface area contributed by atoms with Crippen molar-refractivity contribution in [3.63, 3.8) is 0 Å². The molecule has 0 saturated carbocycles. The Bertz CT molecular complexity index is 1430. The van der Waals surface area contributed by atoms with Crippen molar-refractivity contribution in [2.24, 2.45) is 0 Å². The van der Waals surface area contributed by atoms with Crippen molar-refractivity contribution in [1.82, 2.24) is 9.88 Å². The molecule has 1 aliphatic rings. The molecule has 0 aliphatic heterocycles. The number of rotatable bonds is 8. The lowest BCUT2D eigenvalue weighted by Crippen LogP contribution is -2.35. The Morgan fingerprint density at radius 2 is 1.47 bits per heavy atom. The molecule has 2 amide bonds. The number of fused-ring (bicyclic) bond motifs is 3. The van der Waals surface area contributed by atoms with E-state index in [9.17, 15) is 19.5 Å². The molecule has 2 N–H and O–H groups in total. The van der Waals surface area contributed by atoms with Crippen molar-refractivity contribution >= 4 is 23.7 Å². The van der Waals surface area contributed by atoms with Crippen LogP contribution in [0.15, 0.2) is 97.2 Å². The van der Waals surface area contributed by atoms with Crippen LogP contribution in [0.2, 0.25) is 0 Å². The standard InChI is InChI=1S/C30H25N3O5/c34-28(35)18-33(17-20-8-2-1-3-9-20)29(36)27-15-14-21(16-31-27)32-30(37)38-19-26-24-12-6-4-10-22(24)23-11-5-7-13-25(23)26/h1-16,26H,17-19H2,(H,32,37)(H,34,35). The van der Waals surface area contributed by atoms with Crippen LogP contribution in [0.5, 0.6) is 0 Å². The van der Waals surface area contributed by atoms with Gasteiger partial charge in [0.25, 0.3) is 5.91 Å². The molecule has 8 nitrogen and oxygen atoms in total. The topological polar surface area (TPSA) is 109 Å². The summed E-state index contributed by atoms with van der Waals surface area (Å²) in [4.78, 5) is 42.2. The Kier molecular flexibility index (Phi) is 7.13. The van der Waals surface area contributed by atoms with E-state index in [0.29, 0.717) is 5.69 Å². The normalized spacial score (nSPS) is 11.8. The summed E-state index contributed by atoms with van der Waals surface area (Å²) >= 11 is 0. The molecule has 0 atom stereocenters. The smallest absolute Gasteiger partial charge is 0.411 e. The number of ether oxygens (including phenoxy) is 1. The number of benzene rings is 3. The van der Waals surface area contributed by atoms with Gasteiger partial charge in [-0.05, 0) is 39.9 Å². The quantitative estimate of drug-likeness (QED) is 0.341. The molecule has 1 aliphatic carbocycles. The first-order chi connectivity index (χ1) is 18.5. The van der Waals surface area contributed by atoms with Crippen molar-refractivity contribution in [3.05, 3.63) is 120 Å². The summed E-state index contributed by atoms with van der Waals surface area (Å²) in [6, 6.07) is 28.3. The van der Waals surface area contributed by atoms with Crippen LogP contribution in [-0.2, 0) is 16.1 Å². The number of carboxylic acid groups (broad SMARTS) is 1. The minimum atomic E-state index is -1.12. The molecule has 8 heteroatoms. The van der Waals surface area contributed by atoms with Crippen molar-refractivity contribution in [1.29, 1.82) is 0 Å². The fourth-order valence-electron chi connectivity index (χ4n) is 4.68. The number of aliphatic carboxylic acids is 1. The van der Waals surface area contributed by atoms with Crippen LogP contribution < -0.4 is 5.32 Å². The average Bonchev–Trinajstić information content (AvgIpc) is 3.25. The highest BCUT2D eigenvalue weighted by Gasteiger charge is 2.29. The lowest BCUT2D eigenvalue weighted by Gasteiger charge is -2.20. The maximum absolute atomic E-state index is 13.0. The van der Waals surface area contributed by atoms with Crippen LogP contribution in [0, 0.1) is 0 Å². The highest BCUT2D eigenvalue weighted by Crippen LogP contribution is 2.44. The highest BCUT2D eigenvalue weighted by molar-refractivity contribution is 5.94. The first kappa shape index (κ1) is 24.7. The second kappa shape index (κ2) is 11.0. The van der Waals surface area contributed by atoms with Crippen LogP contribution in [0.25, 0.3) is 11.1 Å². The molecular weight excluding hydrogens is 482 g/mol. The molecule has 0 bridgehead atoms. The summed E-state index contributed by atoms with van der Waals surface area (Å²) in [5, 5.41) is 11.9. The number of nitrogens with one attached hydrogen (secondary N) is 1. The SMILES string of the molecule is O=C(O)CN(Cc1ccccc1)C(=O)c1ccc(NC(=O)OCC2c3ccccc3-c3ccccc32)cn1. The van der Waals surface area contributed by atoms with Crippen molar-refractivity contribution in [2.75, 3.05) is 18.5 Å². The maximum Gasteiger partial charge on any atom is 0.411 e. The van der Waals surface area contributed by atoms with Crippen LogP contribution in [0.1, 0.15) is 33.1 Å². The first-order valence-electron chi connectivity index (χ1n) is 12.1. The molecular formula is C30H25N3O5. The third kappa shape index (κ3) is 5.39. The molecule has 1 heterocycles. The van der Waals surface area contributed by atoms with E-state index in [1.165, 1.54) is 23.2 Å². The largest absolute Gasteiger partial charge is 0.480 e. The van der Waals surface area contributed by atoms with Crippen LogP contribution in [0.4, 0.5) is 10.5 Å². The van der Waals surface area contributed by atoms with Gasteiger partial charge >= 0.3 is 12.1 Å². The number of amides is 2. The number of carbonyl (C=O) groups is 3. The fourth-order valence-corrected chi connectivity index (χ4v) is 4.68. The number of nitrogens with zero attached hydrogens (tertiary/aromatic N) is 2. The minimum absolute atomic E-state index is 0.0592. The van der Waals surface area contributed by atoms with Crippen LogP contribution >= 0.6 is 0 Å². The molecule has 0 unspecified atom stereocenters. The lowest BCUT2D eigenvalue weighted by molar-refractivity contribution is -0.137. The van der Waals surface area contributed by atoms with Crippen molar-refractivity contribution < 1.29 is 24.2 Å². The van der Waals surface area contributed by atoms with Crippen LogP contribution in [-0.4, -0.2) is 46.1 Å². The Morgan fingerprint density at radius 1 is 0.842 bits per heavy atom. The second-order valence-electron chi connectivity index (χ2n) is 8.92. The molecule has 38 heavy (non-hydrogen) atoms. The Hall–Kier alpha value is -4.98. The third-order valence-corrected chi connectivity index (χ3v) is 6.40. The van der Waals surface area contributed by atoms with E-state index in [1.54, 1.807) is 0 Å². The lowest BCUT2D eigenvalue weighted by atomic mass is 9.98. The van der Waals surface area contributed by atoms with E-state index in [-0.39, 0.29) is 24.8 Å². The second-order valence-corrected chi connectivity index (χ2v) is 8.92.